The van der Waals surface area contributed by atoms with Gasteiger partial charge in [0.1, 0.15) is 5.75 Å². The second-order valence-corrected chi connectivity index (χ2v) is 5.45. The highest BCUT2D eigenvalue weighted by molar-refractivity contribution is 5.27. The fourth-order valence-corrected chi connectivity index (χ4v) is 2.55. The van der Waals surface area contributed by atoms with E-state index < -0.39 is 0 Å². The van der Waals surface area contributed by atoms with E-state index >= 15 is 0 Å². The van der Waals surface area contributed by atoms with Crippen LogP contribution in [0, 0.1) is 5.92 Å². The lowest BCUT2D eigenvalue weighted by Gasteiger charge is -2.31. The number of nitrogens with two attached hydrogens (primary N) is 1. The van der Waals surface area contributed by atoms with E-state index in [9.17, 15) is 0 Å². The first kappa shape index (κ1) is 14.4. The number of hydrogen-bond acceptors (Lipinski definition) is 3. The Balaban J connectivity index is 1.79. The molecule has 19 heavy (non-hydrogen) atoms. The number of hydrogen-bond donors (Lipinski definition) is 1. The van der Waals surface area contributed by atoms with Crippen molar-refractivity contribution < 1.29 is 4.74 Å². The lowest BCUT2D eigenvalue weighted by molar-refractivity contribution is 0.180. The largest absolute Gasteiger partial charge is 0.494 e. The number of rotatable bonds is 6. The van der Waals surface area contributed by atoms with Crippen LogP contribution in [0.2, 0.25) is 0 Å². The lowest BCUT2D eigenvalue weighted by Crippen LogP contribution is -2.35. The van der Waals surface area contributed by atoms with E-state index in [4.69, 9.17) is 10.5 Å². The number of ether oxygens (including phenoxy) is 1. The van der Waals surface area contributed by atoms with Crippen molar-refractivity contribution in [2.75, 3.05) is 26.2 Å². The molecule has 0 radical (unpaired) electrons. The molecule has 0 spiro atoms. The van der Waals surface area contributed by atoms with Gasteiger partial charge in [-0.05, 0) is 62.5 Å². The van der Waals surface area contributed by atoms with Gasteiger partial charge in [0.2, 0.25) is 0 Å². The minimum Gasteiger partial charge on any atom is -0.494 e. The molecule has 2 N–H and O–H groups in total. The summed E-state index contributed by atoms with van der Waals surface area (Å²) in [5.74, 6) is 1.72. The fraction of sp³-hybridized carbons (Fsp3) is 0.625. The molecule has 1 aliphatic heterocycles. The van der Waals surface area contributed by atoms with Crippen LogP contribution in [0.1, 0.15) is 31.7 Å². The molecular weight excluding hydrogens is 236 g/mol. The van der Waals surface area contributed by atoms with Crippen LogP contribution in [0.15, 0.2) is 24.3 Å². The number of nitrogens with zero attached hydrogens (tertiary/aromatic N) is 1. The Bertz CT molecular complexity index is 356. The van der Waals surface area contributed by atoms with Crippen LogP contribution in [-0.4, -0.2) is 31.1 Å². The SMILES string of the molecule is CCCOc1ccc(CN2CCC(CN)CC2)cc1. The zero-order valence-corrected chi connectivity index (χ0v) is 12.0. The van der Waals surface area contributed by atoms with Gasteiger partial charge in [-0.2, -0.15) is 0 Å². The molecule has 2 rings (SSSR count). The van der Waals surface area contributed by atoms with Crippen LogP contribution >= 0.6 is 0 Å². The molecule has 1 heterocycles. The van der Waals surface area contributed by atoms with Crippen molar-refractivity contribution in [3.05, 3.63) is 29.8 Å². The molecule has 1 fully saturated rings. The summed E-state index contributed by atoms with van der Waals surface area (Å²) in [7, 11) is 0. The normalized spacial score (nSPS) is 17.6. The van der Waals surface area contributed by atoms with Crippen molar-refractivity contribution >= 4 is 0 Å². The van der Waals surface area contributed by atoms with E-state index in [1.54, 1.807) is 0 Å². The Morgan fingerprint density at radius 1 is 1.21 bits per heavy atom. The maximum absolute atomic E-state index is 5.73. The topological polar surface area (TPSA) is 38.5 Å². The molecule has 0 saturated carbocycles. The Labute approximate surface area is 116 Å². The predicted octanol–water partition coefficient (Wildman–Crippen LogP) is 2.65. The molecule has 0 aliphatic carbocycles. The molecule has 0 aromatic heterocycles. The summed E-state index contributed by atoms with van der Waals surface area (Å²) in [6.07, 6.45) is 3.54. The van der Waals surface area contributed by atoms with Crippen molar-refractivity contribution in [3.63, 3.8) is 0 Å². The summed E-state index contributed by atoms with van der Waals surface area (Å²) < 4.78 is 5.60. The van der Waals surface area contributed by atoms with Gasteiger partial charge in [-0.3, -0.25) is 4.90 Å². The molecule has 3 heteroatoms. The van der Waals surface area contributed by atoms with Gasteiger partial charge in [-0.25, -0.2) is 0 Å². The van der Waals surface area contributed by atoms with Gasteiger partial charge in [0.05, 0.1) is 6.61 Å². The van der Waals surface area contributed by atoms with Crippen LogP contribution in [0.5, 0.6) is 5.75 Å². The first-order chi connectivity index (χ1) is 9.31. The molecule has 0 bridgehead atoms. The average Bonchev–Trinajstić information content (AvgIpc) is 2.47. The minimum absolute atomic E-state index is 0.737. The standard InChI is InChI=1S/C16H26N2O/c1-2-11-19-16-5-3-15(4-6-16)13-18-9-7-14(12-17)8-10-18/h3-6,14H,2,7-13,17H2,1H3. The van der Waals surface area contributed by atoms with Gasteiger partial charge in [-0.1, -0.05) is 19.1 Å². The van der Waals surface area contributed by atoms with Gasteiger partial charge >= 0.3 is 0 Å². The Morgan fingerprint density at radius 3 is 2.47 bits per heavy atom. The average molecular weight is 262 g/mol. The van der Waals surface area contributed by atoms with Gasteiger partial charge in [0.15, 0.2) is 0 Å². The monoisotopic (exact) mass is 262 g/mol. The van der Waals surface area contributed by atoms with Crippen LogP contribution in [0.3, 0.4) is 0 Å². The van der Waals surface area contributed by atoms with E-state index in [-0.39, 0.29) is 0 Å². The third-order valence-corrected chi connectivity index (χ3v) is 3.84. The smallest absolute Gasteiger partial charge is 0.119 e. The molecule has 1 aromatic carbocycles. The molecular formula is C16H26N2O. The highest BCUT2D eigenvalue weighted by atomic mass is 16.5. The third kappa shape index (κ3) is 4.51. The highest BCUT2D eigenvalue weighted by Crippen LogP contribution is 2.19. The second kappa shape index (κ2) is 7.51. The third-order valence-electron chi connectivity index (χ3n) is 3.84. The molecule has 1 aliphatic rings. The maximum Gasteiger partial charge on any atom is 0.119 e. The molecule has 106 valence electrons. The van der Waals surface area contributed by atoms with Crippen molar-refractivity contribution in [1.29, 1.82) is 0 Å². The van der Waals surface area contributed by atoms with Crippen LogP contribution in [0.4, 0.5) is 0 Å². The first-order valence-corrected chi connectivity index (χ1v) is 7.46. The van der Waals surface area contributed by atoms with E-state index in [2.05, 4.69) is 36.1 Å². The summed E-state index contributed by atoms with van der Waals surface area (Å²) in [4.78, 5) is 2.52. The summed E-state index contributed by atoms with van der Waals surface area (Å²) in [5.41, 5.74) is 7.10. The summed E-state index contributed by atoms with van der Waals surface area (Å²) in [6, 6.07) is 8.52. The van der Waals surface area contributed by atoms with Crippen LogP contribution < -0.4 is 10.5 Å². The van der Waals surface area contributed by atoms with Crippen LogP contribution in [-0.2, 0) is 6.54 Å². The quantitative estimate of drug-likeness (QED) is 0.856. The van der Waals surface area contributed by atoms with Crippen molar-refractivity contribution in [1.82, 2.24) is 4.90 Å². The number of benzene rings is 1. The van der Waals surface area contributed by atoms with Gasteiger partial charge in [-0.15, -0.1) is 0 Å². The molecule has 0 unspecified atom stereocenters. The van der Waals surface area contributed by atoms with E-state index in [1.165, 1.54) is 31.5 Å². The zero-order chi connectivity index (χ0) is 13.5. The predicted molar refractivity (Wildman–Crippen MR) is 79.3 cm³/mol. The lowest BCUT2D eigenvalue weighted by atomic mass is 9.97. The van der Waals surface area contributed by atoms with Crippen LogP contribution in [0.25, 0.3) is 0 Å². The van der Waals surface area contributed by atoms with E-state index in [0.717, 1.165) is 37.8 Å². The Kier molecular flexibility index (Phi) is 5.67. The van der Waals surface area contributed by atoms with Crippen molar-refractivity contribution in [2.45, 2.75) is 32.7 Å². The second-order valence-electron chi connectivity index (χ2n) is 5.45. The Morgan fingerprint density at radius 2 is 1.89 bits per heavy atom. The summed E-state index contributed by atoms with van der Waals surface area (Å²) >= 11 is 0. The van der Waals surface area contributed by atoms with E-state index in [1.807, 2.05) is 0 Å². The minimum atomic E-state index is 0.737. The molecule has 0 amide bonds. The molecule has 1 aromatic rings. The van der Waals surface area contributed by atoms with Gasteiger partial charge in [0, 0.05) is 6.54 Å². The van der Waals surface area contributed by atoms with Crippen molar-refractivity contribution in [2.24, 2.45) is 11.7 Å². The zero-order valence-electron chi connectivity index (χ0n) is 12.0. The van der Waals surface area contributed by atoms with E-state index in [0.29, 0.717) is 0 Å². The molecule has 0 atom stereocenters. The first-order valence-electron chi connectivity index (χ1n) is 7.46. The van der Waals surface area contributed by atoms with Gasteiger partial charge < -0.3 is 10.5 Å². The number of likely N-dealkylation sites (tertiary alicyclic amines) is 1. The summed E-state index contributed by atoms with van der Waals surface area (Å²) in [5, 5.41) is 0. The summed E-state index contributed by atoms with van der Waals surface area (Å²) in [6.45, 7) is 7.17. The molecule has 3 nitrogen and oxygen atoms in total. The number of piperidine rings is 1. The van der Waals surface area contributed by atoms with Gasteiger partial charge in [0.25, 0.3) is 0 Å². The molecule has 1 saturated heterocycles. The highest BCUT2D eigenvalue weighted by Gasteiger charge is 2.17. The fourth-order valence-electron chi connectivity index (χ4n) is 2.55. The Hall–Kier alpha value is -1.06. The van der Waals surface area contributed by atoms with Crippen molar-refractivity contribution in [3.8, 4) is 5.75 Å². The maximum atomic E-state index is 5.73.